The second kappa shape index (κ2) is 10.3. The van der Waals surface area contributed by atoms with E-state index in [1.54, 1.807) is 21.3 Å². The van der Waals surface area contributed by atoms with Crippen molar-refractivity contribution in [3.63, 3.8) is 0 Å². The second-order valence-corrected chi connectivity index (χ2v) is 9.55. The highest BCUT2D eigenvalue weighted by Crippen LogP contribution is 2.38. The van der Waals surface area contributed by atoms with Crippen molar-refractivity contribution in [2.45, 2.75) is 46.2 Å². The minimum Gasteiger partial charge on any atom is -0.493 e. The number of aromatic amines is 1. The lowest BCUT2D eigenvalue weighted by Gasteiger charge is -2.31. The molecule has 0 spiro atoms. The first kappa shape index (κ1) is 24.7. The average molecular weight is 470 g/mol. The van der Waals surface area contributed by atoms with Crippen LogP contribution in [0.15, 0.2) is 36.4 Å². The predicted octanol–water partition coefficient (Wildman–Crippen LogP) is 5.22. The number of aromatic nitrogens is 1. The number of nitrogens with zero attached hydrogens (tertiary/aromatic N) is 1. The van der Waals surface area contributed by atoms with Crippen LogP contribution in [0.1, 0.15) is 37.6 Å². The van der Waals surface area contributed by atoms with Gasteiger partial charge in [0, 0.05) is 35.2 Å². The SMILES string of the molecule is COc1cc(CN(CCc2c(C)[nH]c3ccccc23)C(=S)NC(C)(C)C)cc(OC)c1OC. The number of rotatable bonds is 8. The summed E-state index contributed by atoms with van der Waals surface area (Å²) in [6.07, 6.45) is 0.867. The summed E-state index contributed by atoms with van der Waals surface area (Å²) in [5.41, 5.74) is 4.56. The summed E-state index contributed by atoms with van der Waals surface area (Å²) in [6, 6.07) is 12.4. The number of fused-ring (bicyclic) bond motifs is 1. The zero-order valence-electron chi connectivity index (χ0n) is 20.7. The van der Waals surface area contributed by atoms with E-state index in [-0.39, 0.29) is 5.54 Å². The number of benzene rings is 2. The van der Waals surface area contributed by atoms with Crippen molar-refractivity contribution in [1.29, 1.82) is 0 Å². The van der Waals surface area contributed by atoms with Crippen LogP contribution in [-0.2, 0) is 13.0 Å². The Morgan fingerprint density at radius 2 is 1.67 bits per heavy atom. The average Bonchev–Trinajstić information content (AvgIpc) is 3.09. The van der Waals surface area contributed by atoms with Crippen LogP contribution in [0.3, 0.4) is 0 Å². The highest BCUT2D eigenvalue weighted by Gasteiger charge is 2.20. The summed E-state index contributed by atoms with van der Waals surface area (Å²) >= 11 is 5.84. The molecular formula is C26H35N3O3S. The van der Waals surface area contributed by atoms with Gasteiger partial charge < -0.3 is 29.4 Å². The lowest BCUT2D eigenvalue weighted by Crippen LogP contribution is -2.48. The molecule has 0 aliphatic rings. The highest BCUT2D eigenvalue weighted by molar-refractivity contribution is 7.80. The van der Waals surface area contributed by atoms with E-state index < -0.39 is 0 Å². The topological polar surface area (TPSA) is 58.8 Å². The molecule has 3 rings (SSSR count). The second-order valence-electron chi connectivity index (χ2n) is 9.16. The van der Waals surface area contributed by atoms with E-state index in [2.05, 4.69) is 67.2 Å². The Kier molecular flexibility index (Phi) is 7.74. The van der Waals surface area contributed by atoms with Crippen LogP contribution in [-0.4, -0.2) is 48.4 Å². The summed E-state index contributed by atoms with van der Waals surface area (Å²) in [4.78, 5) is 5.69. The number of thiocarbonyl (C=S) groups is 1. The third-order valence-electron chi connectivity index (χ3n) is 5.53. The summed E-state index contributed by atoms with van der Waals surface area (Å²) in [5.74, 6) is 1.85. The first-order valence-electron chi connectivity index (χ1n) is 11.1. The van der Waals surface area contributed by atoms with Gasteiger partial charge >= 0.3 is 0 Å². The molecule has 178 valence electrons. The molecule has 2 N–H and O–H groups in total. The molecule has 7 heteroatoms. The fourth-order valence-electron chi connectivity index (χ4n) is 4.00. The van der Waals surface area contributed by atoms with Gasteiger partial charge in [0.25, 0.3) is 0 Å². The van der Waals surface area contributed by atoms with Crippen molar-refractivity contribution in [3.05, 3.63) is 53.2 Å². The van der Waals surface area contributed by atoms with Gasteiger partial charge in [0.1, 0.15) is 0 Å². The number of hydrogen-bond donors (Lipinski definition) is 2. The first-order valence-corrected chi connectivity index (χ1v) is 11.5. The van der Waals surface area contributed by atoms with Gasteiger partial charge in [0.2, 0.25) is 5.75 Å². The van der Waals surface area contributed by atoms with Crippen molar-refractivity contribution in [2.24, 2.45) is 0 Å². The molecular weight excluding hydrogens is 434 g/mol. The van der Waals surface area contributed by atoms with Gasteiger partial charge in [0.05, 0.1) is 21.3 Å². The van der Waals surface area contributed by atoms with Gasteiger partial charge in [-0.25, -0.2) is 0 Å². The van der Waals surface area contributed by atoms with Crippen molar-refractivity contribution >= 4 is 28.2 Å². The number of aryl methyl sites for hydroxylation is 1. The van der Waals surface area contributed by atoms with Crippen LogP contribution < -0.4 is 19.5 Å². The maximum absolute atomic E-state index is 5.84. The van der Waals surface area contributed by atoms with Gasteiger partial charge in [-0.1, -0.05) is 18.2 Å². The molecule has 0 saturated carbocycles. The number of para-hydroxylation sites is 1. The molecule has 0 aliphatic heterocycles. The van der Waals surface area contributed by atoms with E-state index in [4.69, 9.17) is 26.4 Å². The van der Waals surface area contributed by atoms with Crippen LogP contribution in [0.5, 0.6) is 17.2 Å². The number of ether oxygens (including phenoxy) is 3. The molecule has 0 bridgehead atoms. The van der Waals surface area contributed by atoms with Gasteiger partial charge in [-0.3, -0.25) is 0 Å². The molecule has 0 atom stereocenters. The molecule has 1 aromatic heterocycles. The predicted molar refractivity (Wildman–Crippen MR) is 139 cm³/mol. The first-order chi connectivity index (χ1) is 15.7. The fourth-order valence-corrected chi connectivity index (χ4v) is 4.46. The standard InChI is InChI=1S/C26H35N3O3S/c1-17-19(20-10-8-9-11-21(20)27-17)12-13-29(25(33)28-26(2,3)4)16-18-14-22(30-5)24(32-7)23(15-18)31-6/h8-11,14-15,27H,12-13,16H2,1-7H3,(H,28,33). The Morgan fingerprint density at radius 1 is 1.03 bits per heavy atom. The molecule has 0 amide bonds. The molecule has 0 radical (unpaired) electrons. The van der Waals surface area contributed by atoms with Crippen molar-refractivity contribution in [1.82, 2.24) is 15.2 Å². The molecule has 0 fully saturated rings. The molecule has 0 aliphatic carbocycles. The zero-order valence-corrected chi connectivity index (χ0v) is 21.5. The molecule has 0 saturated heterocycles. The fraction of sp³-hybridized carbons (Fsp3) is 0.423. The van der Waals surface area contributed by atoms with Crippen LogP contribution >= 0.6 is 12.2 Å². The molecule has 2 aromatic carbocycles. The Bertz CT molecular complexity index is 1090. The minimum absolute atomic E-state index is 0.138. The smallest absolute Gasteiger partial charge is 0.203 e. The Balaban J connectivity index is 1.90. The molecule has 1 heterocycles. The van der Waals surface area contributed by atoms with E-state index >= 15 is 0 Å². The van der Waals surface area contributed by atoms with E-state index in [0.29, 0.717) is 28.9 Å². The van der Waals surface area contributed by atoms with E-state index in [1.807, 2.05) is 12.1 Å². The van der Waals surface area contributed by atoms with Gasteiger partial charge in [-0.05, 0) is 75.7 Å². The Hall–Kier alpha value is -2.93. The summed E-state index contributed by atoms with van der Waals surface area (Å²) in [5, 5.41) is 5.44. The van der Waals surface area contributed by atoms with Crippen LogP contribution in [0.4, 0.5) is 0 Å². The summed E-state index contributed by atoms with van der Waals surface area (Å²) < 4.78 is 16.6. The van der Waals surface area contributed by atoms with Crippen LogP contribution in [0.2, 0.25) is 0 Å². The van der Waals surface area contributed by atoms with E-state index in [0.717, 1.165) is 24.0 Å². The maximum Gasteiger partial charge on any atom is 0.203 e. The quantitative estimate of drug-likeness (QED) is 0.441. The summed E-state index contributed by atoms with van der Waals surface area (Å²) in [6.45, 7) is 9.84. The number of methoxy groups -OCH3 is 3. The lowest BCUT2D eigenvalue weighted by atomic mass is 10.1. The van der Waals surface area contributed by atoms with E-state index in [1.165, 1.54) is 16.6 Å². The van der Waals surface area contributed by atoms with Crippen molar-refractivity contribution in [2.75, 3.05) is 27.9 Å². The highest BCUT2D eigenvalue weighted by atomic mass is 32.1. The third kappa shape index (κ3) is 5.90. The van der Waals surface area contributed by atoms with Gasteiger partial charge in [0.15, 0.2) is 16.6 Å². The Morgan fingerprint density at radius 3 is 2.24 bits per heavy atom. The van der Waals surface area contributed by atoms with E-state index in [9.17, 15) is 0 Å². The van der Waals surface area contributed by atoms with Crippen molar-refractivity contribution < 1.29 is 14.2 Å². The third-order valence-corrected chi connectivity index (χ3v) is 5.89. The van der Waals surface area contributed by atoms with Crippen LogP contribution in [0.25, 0.3) is 10.9 Å². The normalized spacial score (nSPS) is 11.4. The molecule has 33 heavy (non-hydrogen) atoms. The Labute approximate surface area is 202 Å². The number of H-pyrrole nitrogens is 1. The largest absolute Gasteiger partial charge is 0.493 e. The lowest BCUT2D eigenvalue weighted by molar-refractivity contribution is 0.322. The van der Waals surface area contributed by atoms with Gasteiger partial charge in [-0.2, -0.15) is 0 Å². The maximum atomic E-state index is 5.84. The molecule has 0 unspecified atom stereocenters. The number of nitrogens with one attached hydrogen (secondary N) is 2. The molecule has 3 aromatic rings. The monoisotopic (exact) mass is 469 g/mol. The van der Waals surface area contributed by atoms with Crippen LogP contribution in [0, 0.1) is 6.92 Å². The van der Waals surface area contributed by atoms with Gasteiger partial charge in [-0.15, -0.1) is 0 Å². The summed E-state index contributed by atoms with van der Waals surface area (Å²) in [7, 11) is 4.87. The zero-order chi connectivity index (χ0) is 24.2. The number of hydrogen-bond acceptors (Lipinski definition) is 4. The van der Waals surface area contributed by atoms with Crippen molar-refractivity contribution in [3.8, 4) is 17.2 Å². The molecule has 6 nitrogen and oxygen atoms in total. The minimum atomic E-state index is -0.138.